The predicted molar refractivity (Wildman–Crippen MR) is 123 cm³/mol. The van der Waals surface area contributed by atoms with Gasteiger partial charge in [0.25, 0.3) is 5.91 Å². The number of aromatic nitrogens is 3. The van der Waals surface area contributed by atoms with Crippen LogP contribution in [0.15, 0.2) is 36.8 Å². The maximum Gasteiger partial charge on any atom is 0.256 e. The molecular weight excluding hydrogens is 419 g/mol. The van der Waals surface area contributed by atoms with E-state index in [1.807, 2.05) is 18.3 Å². The normalized spacial score (nSPS) is 18.4. The lowest BCUT2D eigenvalue weighted by Crippen LogP contribution is -2.47. The minimum absolute atomic E-state index is 0.0520. The summed E-state index contributed by atoms with van der Waals surface area (Å²) in [5.41, 5.74) is 1.39. The number of hydrogen-bond donors (Lipinski definition) is 1. The quantitative estimate of drug-likeness (QED) is 0.649. The Morgan fingerprint density at radius 3 is 2.67 bits per heavy atom. The van der Waals surface area contributed by atoms with Gasteiger partial charge in [-0.05, 0) is 68.2 Å². The van der Waals surface area contributed by atoms with Gasteiger partial charge in [0.1, 0.15) is 23.6 Å². The molecule has 1 spiro atoms. The number of amides is 1. The molecular formula is C25H27FN6O. The Kier molecular flexibility index (Phi) is 5.49. The number of nitrogens with one attached hydrogen (secondary N) is 1. The Balaban J connectivity index is 1.20. The van der Waals surface area contributed by atoms with E-state index in [1.54, 1.807) is 11.2 Å². The van der Waals surface area contributed by atoms with Gasteiger partial charge in [0, 0.05) is 32.4 Å². The van der Waals surface area contributed by atoms with Crippen LogP contribution < -0.4 is 4.90 Å². The molecule has 0 radical (unpaired) electrons. The Hall–Kier alpha value is -3.47. The van der Waals surface area contributed by atoms with Crippen molar-refractivity contribution < 1.29 is 9.18 Å². The van der Waals surface area contributed by atoms with Gasteiger partial charge in [0.05, 0.1) is 22.6 Å². The molecule has 33 heavy (non-hydrogen) atoms. The molecule has 0 bridgehead atoms. The number of carbonyl (C=O) groups excluding carboxylic acids is 1. The zero-order chi connectivity index (χ0) is 23.0. The van der Waals surface area contributed by atoms with E-state index < -0.39 is 5.82 Å². The van der Waals surface area contributed by atoms with E-state index in [4.69, 9.17) is 5.26 Å². The molecule has 2 aliphatic rings. The zero-order valence-electron chi connectivity index (χ0n) is 18.7. The van der Waals surface area contributed by atoms with Crippen molar-refractivity contribution in [1.29, 1.82) is 5.26 Å². The fraction of sp³-hybridized carbons (Fsp3) is 0.440. The van der Waals surface area contributed by atoms with Crippen LogP contribution in [-0.2, 0) is 0 Å². The van der Waals surface area contributed by atoms with Gasteiger partial charge >= 0.3 is 0 Å². The number of fused-ring (bicyclic) bond motifs is 1. The number of piperidine rings is 1. The molecule has 7 nitrogen and oxygen atoms in total. The number of nitriles is 1. The fourth-order valence-corrected chi connectivity index (χ4v) is 5.53. The summed E-state index contributed by atoms with van der Waals surface area (Å²) in [7, 11) is 2.12. The number of rotatable bonds is 3. The number of nitrogens with zero attached hydrogens (tertiary/aromatic N) is 5. The number of anilines is 1. The summed E-state index contributed by atoms with van der Waals surface area (Å²) in [6.45, 7) is 1.29. The molecule has 8 heteroatoms. The van der Waals surface area contributed by atoms with Gasteiger partial charge in [0.2, 0.25) is 0 Å². The second-order valence-electron chi connectivity index (χ2n) is 9.38. The lowest BCUT2D eigenvalue weighted by Gasteiger charge is -2.47. The van der Waals surface area contributed by atoms with E-state index in [-0.39, 0.29) is 22.4 Å². The van der Waals surface area contributed by atoms with E-state index in [0.717, 1.165) is 61.4 Å². The van der Waals surface area contributed by atoms with Crippen LogP contribution in [0.3, 0.4) is 0 Å². The minimum Gasteiger partial charge on any atom is -0.356 e. The van der Waals surface area contributed by atoms with Crippen molar-refractivity contribution in [3.63, 3.8) is 0 Å². The van der Waals surface area contributed by atoms with Crippen molar-refractivity contribution in [3.05, 3.63) is 53.7 Å². The third-order valence-electron chi connectivity index (χ3n) is 7.67. The van der Waals surface area contributed by atoms with Crippen LogP contribution in [0.4, 0.5) is 10.2 Å². The highest BCUT2D eigenvalue weighted by Crippen LogP contribution is 2.46. The van der Waals surface area contributed by atoms with Crippen LogP contribution in [0.25, 0.3) is 11.0 Å². The SMILES string of the molecule is CN(c1ncnc2[nH]ccc12)C1CCC2(CC1)CCN(C(=O)c1ccc(C#N)cc1F)CC2. The number of carbonyl (C=O) groups is 1. The molecule has 1 aromatic carbocycles. The third kappa shape index (κ3) is 3.92. The molecule has 1 aliphatic heterocycles. The first-order valence-electron chi connectivity index (χ1n) is 11.5. The molecule has 3 heterocycles. The van der Waals surface area contributed by atoms with E-state index in [2.05, 4.69) is 26.9 Å². The molecule has 5 rings (SSSR count). The van der Waals surface area contributed by atoms with Crippen molar-refractivity contribution in [2.24, 2.45) is 5.41 Å². The third-order valence-corrected chi connectivity index (χ3v) is 7.67. The van der Waals surface area contributed by atoms with E-state index in [0.29, 0.717) is 19.1 Å². The average Bonchev–Trinajstić information content (AvgIpc) is 3.33. The molecule has 3 aromatic rings. The van der Waals surface area contributed by atoms with Gasteiger partial charge in [-0.2, -0.15) is 5.26 Å². The van der Waals surface area contributed by atoms with Crippen LogP contribution >= 0.6 is 0 Å². The maximum atomic E-state index is 14.3. The first-order chi connectivity index (χ1) is 16.0. The van der Waals surface area contributed by atoms with E-state index in [9.17, 15) is 9.18 Å². The number of hydrogen-bond acceptors (Lipinski definition) is 5. The smallest absolute Gasteiger partial charge is 0.256 e. The molecule has 1 saturated carbocycles. The second-order valence-corrected chi connectivity index (χ2v) is 9.38. The van der Waals surface area contributed by atoms with Gasteiger partial charge < -0.3 is 14.8 Å². The summed E-state index contributed by atoms with van der Waals surface area (Å²) in [6, 6.07) is 8.41. The van der Waals surface area contributed by atoms with Gasteiger partial charge in [-0.1, -0.05) is 0 Å². The van der Waals surface area contributed by atoms with Crippen LogP contribution in [0.5, 0.6) is 0 Å². The van der Waals surface area contributed by atoms with Crippen molar-refractivity contribution in [3.8, 4) is 6.07 Å². The minimum atomic E-state index is -0.621. The summed E-state index contributed by atoms with van der Waals surface area (Å²) in [4.78, 5) is 28.9. The molecule has 1 N–H and O–H groups in total. The number of halogens is 1. The molecule has 1 saturated heterocycles. The van der Waals surface area contributed by atoms with Crippen molar-refractivity contribution >= 4 is 22.8 Å². The molecule has 170 valence electrons. The Morgan fingerprint density at radius 2 is 1.97 bits per heavy atom. The van der Waals surface area contributed by atoms with Gasteiger partial charge in [-0.15, -0.1) is 0 Å². The first kappa shape index (κ1) is 21.4. The summed E-state index contributed by atoms with van der Waals surface area (Å²) >= 11 is 0. The second kappa shape index (κ2) is 8.47. The summed E-state index contributed by atoms with van der Waals surface area (Å²) in [5.74, 6) is 0.0655. The first-order valence-corrected chi connectivity index (χ1v) is 11.5. The summed E-state index contributed by atoms with van der Waals surface area (Å²) in [5, 5.41) is 9.96. The van der Waals surface area contributed by atoms with Crippen molar-refractivity contribution in [2.75, 3.05) is 25.0 Å². The topological polar surface area (TPSA) is 88.9 Å². The summed E-state index contributed by atoms with van der Waals surface area (Å²) in [6.07, 6.45) is 9.82. The molecule has 1 aliphatic carbocycles. The van der Waals surface area contributed by atoms with Crippen LogP contribution in [-0.4, -0.2) is 51.9 Å². The number of likely N-dealkylation sites (tertiary alicyclic amines) is 1. The predicted octanol–water partition coefficient (Wildman–Crippen LogP) is 4.27. The van der Waals surface area contributed by atoms with Gasteiger partial charge in [0.15, 0.2) is 0 Å². The highest BCUT2D eigenvalue weighted by molar-refractivity contribution is 5.94. The van der Waals surface area contributed by atoms with Crippen molar-refractivity contribution in [2.45, 2.75) is 44.6 Å². The monoisotopic (exact) mass is 446 g/mol. The number of aromatic amines is 1. The van der Waals surface area contributed by atoms with Crippen LogP contribution in [0.2, 0.25) is 0 Å². The molecule has 2 fully saturated rings. The lowest BCUT2D eigenvalue weighted by atomic mass is 9.66. The highest BCUT2D eigenvalue weighted by atomic mass is 19.1. The summed E-state index contributed by atoms with van der Waals surface area (Å²) < 4.78 is 14.3. The number of H-pyrrole nitrogens is 1. The maximum absolute atomic E-state index is 14.3. The fourth-order valence-electron chi connectivity index (χ4n) is 5.53. The lowest BCUT2D eigenvalue weighted by molar-refractivity contribution is 0.0446. The van der Waals surface area contributed by atoms with Crippen LogP contribution in [0.1, 0.15) is 54.4 Å². The Morgan fingerprint density at radius 1 is 1.21 bits per heavy atom. The van der Waals surface area contributed by atoms with Gasteiger partial charge in [-0.3, -0.25) is 4.79 Å². The molecule has 0 unspecified atom stereocenters. The molecule has 0 atom stereocenters. The van der Waals surface area contributed by atoms with Crippen LogP contribution in [0, 0.1) is 22.6 Å². The van der Waals surface area contributed by atoms with E-state index in [1.165, 1.54) is 12.1 Å². The van der Waals surface area contributed by atoms with Gasteiger partial charge in [-0.25, -0.2) is 14.4 Å². The van der Waals surface area contributed by atoms with E-state index >= 15 is 0 Å². The number of benzene rings is 1. The standard InChI is InChI=1S/C25H27FN6O/c1-31(23-20-6-11-28-22(20)29-16-30-23)18-4-7-25(8-5-18)9-12-32(13-10-25)24(33)19-3-2-17(15-27)14-21(19)26/h2-3,6,11,14,16,18H,4-5,7-10,12-13H2,1H3,(H,28,29,30). The Labute approximate surface area is 192 Å². The molecule has 2 aromatic heterocycles. The average molecular weight is 447 g/mol. The van der Waals surface area contributed by atoms with Crippen molar-refractivity contribution in [1.82, 2.24) is 19.9 Å². The highest BCUT2D eigenvalue weighted by Gasteiger charge is 2.40. The Bertz CT molecular complexity index is 1210. The largest absolute Gasteiger partial charge is 0.356 e. The molecule has 1 amide bonds. The zero-order valence-corrected chi connectivity index (χ0v) is 18.7.